The minimum atomic E-state index is -0.317. The number of benzene rings is 3. The van der Waals surface area contributed by atoms with Crippen molar-refractivity contribution >= 4 is 40.7 Å². The molecule has 0 fully saturated rings. The highest BCUT2D eigenvalue weighted by Crippen LogP contribution is 2.27. The predicted molar refractivity (Wildman–Crippen MR) is 112 cm³/mol. The van der Waals surface area contributed by atoms with Gasteiger partial charge in [-0.25, -0.2) is 0 Å². The van der Waals surface area contributed by atoms with Crippen molar-refractivity contribution in [2.24, 2.45) is 0 Å². The van der Waals surface area contributed by atoms with Crippen molar-refractivity contribution in [2.75, 3.05) is 5.32 Å². The van der Waals surface area contributed by atoms with Crippen molar-refractivity contribution in [3.63, 3.8) is 0 Å². The molecule has 0 heterocycles. The number of rotatable bonds is 6. The van der Waals surface area contributed by atoms with Crippen LogP contribution in [0.1, 0.15) is 22.8 Å². The first-order valence-corrected chi connectivity index (χ1v) is 9.72. The fourth-order valence-corrected chi connectivity index (χ4v) is 3.61. The number of hydrogen-bond donors (Lipinski definition) is 1. The van der Waals surface area contributed by atoms with E-state index in [0.29, 0.717) is 21.8 Å². The van der Waals surface area contributed by atoms with E-state index in [0.717, 1.165) is 4.90 Å². The van der Waals surface area contributed by atoms with Crippen LogP contribution >= 0.6 is 23.4 Å². The highest BCUT2D eigenvalue weighted by Gasteiger charge is 2.19. The molecule has 0 bridgehead atoms. The van der Waals surface area contributed by atoms with Gasteiger partial charge in [-0.15, -0.1) is 11.8 Å². The van der Waals surface area contributed by atoms with Crippen LogP contribution in [-0.4, -0.2) is 16.9 Å². The van der Waals surface area contributed by atoms with Gasteiger partial charge in [0.2, 0.25) is 5.91 Å². The van der Waals surface area contributed by atoms with Crippen LogP contribution in [-0.2, 0) is 4.79 Å². The average Bonchev–Trinajstić information content (AvgIpc) is 2.70. The molecule has 5 heteroatoms. The van der Waals surface area contributed by atoms with Crippen LogP contribution < -0.4 is 5.32 Å². The highest BCUT2D eigenvalue weighted by molar-refractivity contribution is 8.00. The second kappa shape index (κ2) is 8.89. The molecular formula is C22H18ClNO2S. The standard InChI is InChI=1S/C22H18ClNO2S/c1-15(27-18-10-6-3-7-11-18)22(26)24-20-13-12-17(23)14-19(20)21(25)16-8-4-2-5-9-16/h2-15H,1H3,(H,24,26)/t15-/m0/s1. The molecule has 27 heavy (non-hydrogen) atoms. The first-order valence-electron chi connectivity index (χ1n) is 8.46. The van der Waals surface area contributed by atoms with E-state index in [1.807, 2.05) is 43.3 Å². The number of ketones is 1. The molecule has 0 spiro atoms. The average molecular weight is 396 g/mol. The summed E-state index contributed by atoms with van der Waals surface area (Å²) in [4.78, 5) is 26.5. The summed E-state index contributed by atoms with van der Waals surface area (Å²) in [5.74, 6) is -0.356. The first kappa shape index (κ1) is 19.2. The maximum Gasteiger partial charge on any atom is 0.237 e. The van der Waals surface area contributed by atoms with E-state index in [9.17, 15) is 9.59 Å². The van der Waals surface area contributed by atoms with Crippen molar-refractivity contribution in [3.8, 4) is 0 Å². The van der Waals surface area contributed by atoms with Crippen LogP contribution in [0, 0.1) is 0 Å². The number of hydrogen-bond acceptors (Lipinski definition) is 3. The Morgan fingerprint density at radius 1 is 0.926 bits per heavy atom. The Kier molecular flexibility index (Phi) is 6.32. The molecule has 0 radical (unpaired) electrons. The maximum absolute atomic E-state index is 12.8. The van der Waals surface area contributed by atoms with Gasteiger partial charge in [0.25, 0.3) is 0 Å². The lowest BCUT2D eigenvalue weighted by atomic mass is 10.0. The Morgan fingerprint density at radius 3 is 2.22 bits per heavy atom. The third-order valence-corrected chi connectivity index (χ3v) is 5.29. The molecule has 0 unspecified atom stereocenters. The van der Waals surface area contributed by atoms with Crippen LogP contribution in [0.4, 0.5) is 5.69 Å². The summed E-state index contributed by atoms with van der Waals surface area (Å²) in [6.07, 6.45) is 0. The predicted octanol–water partition coefficient (Wildman–Crippen LogP) is 5.69. The van der Waals surface area contributed by atoms with Gasteiger partial charge in [0.15, 0.2) is 5.78 Å². The van der Waals surface area contributed by atoms with E-state index in [-0.39, 0.29) is 16.9 Å². The lowest BCUT2D eigenvalue weighted by Gasteiger charge is -2.15. The first-order chi connectivity index (χ1) is 13.0. The zero-order chi connectivity index (χ0) is 19.2. The molecule has 0 aromatic heterocycles. The van der Waals surface area contributed by atoms with Crippen molar-refractivity contribution in [3.05, 3.63) is 95.0 Å². The molecule has 0 aliphatic heterocycles. The maximum atomic E-state index is 12.8. The largest absolute Gasteiger partial charge is 0.324 e. The molecule has 0 saturated carbocycles. The topological polar surface area (TPSA) is 46.2 Å². The van der Waals surface area contributed by atoms with E-state index < -0.39 is 0 Å². The van der Waals surface area contributed by atoms with Crippen LogP contribution in [0.5, 0.6) is 0 Å². The monoisotopic (exact) mass is 395 g/mol. The molecule has 3 aromatic rings. The Hall–Kier alpha value is -2.56. The normalized spacial score (nSPS) is 11.6. The lowest BCUT2D eigenvalue weighted by molar-refractivity contribution is -0.115. The fourth-order valence-electron chi connectivity index (χ4n) is 2.55. The van der Waals surface area contributed by atoms with Crippen LogP contribution in [0.15, 0.2) is 83.8 Å². The SMILES string of the molecule is C[C@H](Sc1ccccc1)C(=O)Nc1ccc(Cl)cc1C(=O)c1ccccc1. The van der Waals surface area contributed by atoms with Gasteiger partial charge in [0, 0.05) is 21.0 Å². The van der Waals surface area contributed by atoms with Crippen LogP contribution in [0.2, 0.25) is 5.02 Å². The summed E-state index contributed by atoms with van der Waals surface area (Å²) in [5.41, 5.74) is 1.37. The Labute approximate surface area is 167 Å². The fraction of sp³-hybridized carbons (Fsp3) is 0.0909. The Bertz CT molecular complexity index is 945. The van der Waals surface area contributed by atoms with E-state index >= 15 is 0 Å². The number of nitrogens with one attached hydrogen (secondary N) is 1. The molecule has 1 atom stereocenters. The molecule has 3 aromatic carbocycles. The smallest absolute Gasteiger partial charge is 0.237 e. The lowest BCUT2D eigenvalue weighted by Crippen LogP contribution is -2.23. The quantitative estimate of drug-likeness (QED) is 0.430. The van der Waals surface area contributed by atoms with Gasteiger partial charge in [-0.1, -0.05) is 60.1 Å². The van der Waals surface area contributed by atoms with Crippen LogP contribution in [0.3, 0.4) is 0 Å². The van der Waals surface area contributed by atoms with E-state index in [1.165, 1.54) is 11.8 Å². The summed E-state index contributed by atoms with van der Waals surface area (Å²) in [5, 5.41) is 3.00. The van der Waals surface area contributed by atoms with Gasteiger partial charge in [-0.2, -0.15) is 0 Å². The number of halogens is 1. The number of carbonyl (C=O) groups excluding carboxylic acids is 2. The minimum Gasteiger partial charge on any atom is -0.324 e. The molecule has 0 aliphatic rings. The van der Waals surface area contributed by atoms with E-state index in [4.69, 9.17) is 11.6 Å². The molecular weight excluding hydrogens is 378 g/mol. The van der Waals surface area contributed by atoms with E-state index in [2.05, 4.69) is 5.32 Å². The van der Waals surface area contributed by atoms with Gasteiger partial charge in [0.05, 0.1) is 10.9 Å². The molecule has 0 aliphatic carbocycles. The summed E-state index contributed by atoms with van der Waals surface area (Å²) in [6.45, 7) is 1.83. The zero-order valence-corrected chi connectivity index (χ0v) is 16.3. The number of carbonyl (C=O) groups is 2. The summed E-state index contributed by atoms with van der Waals surface area (Å²) >= 11 is 7.55. The summed E-state index contributed by atoms with van der Waals surface area (Å²) in [7, 11) is 0. The molecule has 136 valence electrons. The molecule has 1 amide bonds. The van der Waals surface area contributed by atoms with Gasteiger partial charge < -0.3 is 5.32 Å². The Morgan fingerprint density at radius 2 is 1.56 bits per heavy atom. The second-order valence-corrected chi connectivity index (χ2v) is 7.80. The number of anilines is 1. The number of thioether (sulfide) groups is 1. The van der Waals surface area contributed by atoms with E-state index in [1.54, 1.807) is 42.5 Å². The molecule has 3 nitrogen and oxygen atoms in total. The third-order valence-electron chi connectivity index (χ3n) is 3.95. The zero-order valence-electron chi connectivity index (χ0n) is 14.7. The van der Waals surface area contributed by atoms with Gasteiger partial charge in [-0.05, 0) is 37.3 Å². The minimum absolute atomic E-state index is 0.173. The van der Waals surface area contributed by atoms with Crippen LogP contribution in [0.25, 0.3) is 0 Å². The summed E-state index contributed by atoms with van der Waals surface area (Å²) < 4.78 is 0. The molecule has 3 rings (SSSR count). The van der Waals surface area contributed by atoms with Crippen molar-refractivity contribution < 1.29 is 9.59 Å². The van der Waals surface area contributed by atoms with Gasteiger partial charge in [0.1, 0.15) is 0 Å². The number of amides is 1. The third kappa shape index (κ3) is 5.00. The molecule has 1 N–H and O–H groups in total. The summed E-state index contributed by atoms with van der Waals surface area (Å²) in [6, 6.07) is 23.6. The highest BCUT2D eigenvalue weighted by atomic mass is 35.5. The van der Waals surface area contributed by atoms with Crippen molar-refractivity contribution in [1.29, 1.82) is 0 Å². The van der Waals surface area contributed by atoms with Crippen molar-refractivity contribution in [2.45, 2.75) is 17.1 Å². The second-order valence-electron chi connectivity index (χ2n) is 5.95. The van der Waals surface area contributed by atoms with Crippen molar-refractivity contribution in [1.82, 2.24) is 0 Å². The van der Waals surface area contributed by atoms with Gasteiger partial charge in [-0.3, -0.25) is 9.59 Å². The Balaban J connectivity index is 1.80. The molecule has 0 saturated heterocycles. The van der Waals surface area contributed by atoms with Gasteiger partial charge >= 0.3 is 0 Å².